The van der Waals surface area contributed by atoms with E-state index in [1.165, 1.54) is 23.1 Å². The molecule has 0 unspecified atom stereocenters. The van der Waals surface area contributed by atoms with Crippen LogP contribution in [0.4, 0.5) is 5.13 Å². The van der Waals surface area contributed by atoms with Crippen LogP contribution < -0.4 is 10.6 Å². The highest BCUT2D eigenvalue weighted by atomic mass is 32.2. The topological polar surface area (TPSA) is 83.4 Å². The molecule has 26 heavy (non-hydrogen) atoms. The van der Waals surface area contributed by atoms with E-state index in [2.05, 4.69) is 20.6 Å². The van der Waals surface area contributed by atoms with Crippen LogP contribution in [-0.2, 0) is 16.1 Å². The zero-order valence-corrected chi connectivity index (χ0v) is 15.4. The summed E-state index contributed by atoms with van der Waals surface area (Å²) in [7, 11) is 0. The normalized spacial score (nSPS) is 19.8. The lowest BCUT2D eigenvalue weighted by Crippen LogP contribution is -2.19. The first kappa shape index (κ1) is 17.0. The fraction of sp³-hybridized carbons (Fsp3) is 0.222. The largest absolute Gasteiger partial charge is 0.302 e. The molecule has 1 saturated carbocycles. The quantitative estimate of drug-likeness (QED) is 0.775. The molecule has 132 valence electrons. The predicted molar refractivity (Wildman–Crippen MR) is 105 cm³/mol. The van der Waals surface area contributed by atoms with Crippen molar-refractivity contribution < 1.29 is 9.59 Å². The fourth-order valence-electron chi connectivity index (χ4n) is 2.34. The minimum absolute atomic E-state index is 0.0295. The molecule has 2 fully saturated rings. The molecule has 8 heteroatoms. The number of thiazole rings is 1. The molecule has 0 radical (unpaired) electrons. The van der Waals surface area contributed by atoms with E-state index in [-0.39, 0.29) is 17.7 Å². The Bertz CT molecular complexity index is 901. The Morgan fingerprint density at radius 3 is 2.92 bits per heavy atom. The molecule has 1 aliphatic carbocycles. The third-order valence-corrected chi connectivity index (χ3v) is 5.68. The number of aliphatic imine (C=N–C) groups is 1. The summed E-state index contributed by atoms with van der Waals surface area (Å²) in [6.07, 6.45) is 5.34. The van der Waals surface area contributed by atoms with Crippen molar-refractivity contribution in [3.8, 4) is 0 Å². The van der Waals surface area contributed by atoms with Crippen LogP contribution in [0.3, 0.4) is 0 Å². The maximum atomic E-state index is 12.1. The van der Waals surface area contributed by atoms with Gasteiger partial charge in [0.1, 0.15) is 0 Å². The molecule has 2 N–H and O–H groups in total. The van der Waals surface area contributed by atoms with Gasteiger partial charge in [0, 0.05) is 12.1 Å². The standard InChI is InChI=1S/C18H16N4O2S2/c23-15(12-6-7-12)21-17-20-10-13(25-17)8-14-16(24)22-18(26-14)19-9-11-4-2-1-3-5-11/h1-5,8,10,12H,6-7,9H2,(H,19,22,24)(H,20,21,23). The summed E-state index contributed by atoms with van der Waals surface area (Å²) < 4.78 is 0. The number of thioether (sulfide) groups is 1. The first-order valence-corrected chi connectivity index (χ1v) is 9.86. The average molecular weight is 384 g/mol. The number of anilines is 1. The van der Waals surface area contributed by atoms with Gasteiger partial charge >= 0.3 is 0 Å². The third-order valence-electron chi connectivity index (χ3n) is 3.87. The number of hydrogen-bond acceptors (Lipinski definition) is 6. The average Bonchev–Trinajstić information content (AvgIpc) is 3.33. The summed E-state index contributed by atoms with van der Waals surface area (Å²) in [6.45, 7) is 0.522. The Balaban J connectivity index is 1.40. The van der Waals surface area contributed by atoms with Crippen LogP contribution in [0.2, 0.25) is 0 Å². The molecule has 0 spiro atoms. The fourth-order valence-corrected chi connectivity index (χ4v) is 3.99. The number of aromatic nitrogens is 1. The second kappa shape index (κ2) is 7.43. The molecule has 6 nitrogen and oxygen atoms in total. The lowest BCUT2D eigenvalue weighted by atomic mass is 10.2. The SMILES string of the molecule is O=C1NC(=NCc2ccccc2)SC1=Cc1cnc(NC(=O)C2CC2)s1. The van der Waals surface area contributed by atoms with Gasteiger partial charge < -0.3 is 10.6 Å². The molecule has 4 rings (SSSR count). The summed E-state index contributed by atoms with van der Waals surface area (Å²) in [6, 6.07) is 9.88. The summed E-state index contributed by atoms with van der Waals surface area (Å²) in [4.78, 5) is 33.9. The van der Waals surface area contributed by atoms with Gasteiger partial charge in [-0.2, -0.15) is 0 Å². The molecule has 1 aliphatic heterocycles. The number of amidine groups is 1. The van der Waals surface area contributed by atoms with Gasteiger partial charge in [0.05, 0.1) is 16.3 Å². The number of nitrogens with one attached hydrogen (secondary N) is 2. The molecule has 2 heterocycles. The number of hydrogen-bond donors (Lipinski definition) is 2. The summed E-state index contributed by atoms with van der Waals surface area (Å²) in [5.74, 6) is 0.000834. The molecule has 1 aromatic carbocycles. The van der Waals surface area contributed by atoms with Crippen LogP contribution in [0.15, 0.2) is 46.4 Å². The van der Waals surface area contributed by atoms with Crippen LogP contribution in [0, 0.1) is 5.92 Å². The van der Waals surface area contributed by atoms with E-state index in [9.17, 15) is 9.59 Å². The van der Waals surface area contributed by atoms with Crippen molar-refractivity contribution in [2.75, 3.05) is 5.32 Å². The van der Waals surface area contributed by atoms with Crippen molar-refractivity contribution in [3.05, 3.63) is 51.9 Å². The Kier molecular flexibility index (Phi) is 4.85. The number of rotatable bonds is 5. The van der Waals surface area contributed by atoms with Crippen molar-refractivity contribution >= 4 is 51.3 Å². The smallest absolute Gasteiger partial charge is 0.264 e. The third kappa shape index (κ3) is 4.20. The summed E-state index contributed by atoms with van der Waals surface area (Å²) in [5.41, 5.74) is 1.09. The van der Waals surface area contributed by atoms with Crippen LogP contribution >= 0.6 is 23.1 Å². The number of nitrogens with zero attached hydrogens (tertiary/aromatic N) is 2. The van der Waals surface area contributed by atoms with E-state index >= 15 is 0 Å². The number of amides is 2. The van der Waals surface area contributed by atoms with Gasteiger partial charge in [-0.05, 0) is 36.2 Å². The van der Waals surface area contributed by atoms with Gasteiger partial charge in [-0.25, -0.2) is 4.98 Å². The molecule has 2 aliphatic rings. The predicted octanol–water partition coefficient (Wildman–Crippen LogP) is 3.25. The molecule has 2 aromatic rings. The van der Waals surface area contributed by atoms with Crippen molar-refractivity contribution in [1.82, 2.24) is 10.3 Å². The molecule has 1 saturated heterocycles. The maximum Gasteiger partial charge on any atom is 0.264 e. The van der Waals surface area contributed by atoms with Crippen molar-refractivity contribution in [2.45, 2.75) is 19.4 Å². The zero-order valence-electron chi connectivity index (χ0n) is 13.8. The number of carbonyl (C=O) groups excluding carboxylic acids is 2. The monoisotopic (exact) mass is 384 g/mol. The van der Waals surface area contributed by atoms with Crippen LogP contribution in [0.25, 0.3) is 6.08 Å². The second-order valence-electron chi connectivity index (χ2n) is 6.00. The van der Waals surface area contributed by atoms with E-state index < -0.39 is 0 Å². The van der Waals surface area contributed by atoms with Crippen molar-refractivity contribution in [3.63, 3.8) is 0 Å². The lowest BCUT2D eigenvalue weighted by Gasteiger charge is -1.97. The Morgan fingerprint density at radius 2 is 2.15 bits per heavy atom. The summed E-state index contributed by atoms with van der Waals surface area (Å²) >= 11 is 2.67. The van der Waals surface area contributed by atoms with Crippen LogP contribution in [0.5, 0.6) is 0 Å². The Hall–Kier alpha value is -2.45. The second-order valence-corrected chi connectivity index (χ2v) is 8.10. The molecular formula is C18H16N4O2S2. The van der Waals surface area contributed by atoms with Gasteiger partial charge in [-0.3, -0.25) is 14.6 Å². The van der Waals surface area contributed by atoms with Gasteiger partial charge in [0.2, 0.25) is 5.91 Å². The van der Waals surface area contributed by atoms with Gasteiger partial charge in [-0.15, -0.1) is 0 Å². The van der Waals surface area contributed by atoms with E-state index in [1.807, 2.05) is 30.3 Å². The molecule has 0 atom stereocenters. The highest BCUT2D eigenvalue weighted by Gasteiger charge is 2.30. The number of benzene rings is 1. The molecule has 0 bridgehead atoms. The zero-order chi connectivity index (χ0) is 17.9. The maximum absolute atomic E-state index is 12.1. The van der Waals surface area contributed by atoms with E-state index in [0.29, 0.717) is 21.7 Å². The van der Waals surface area contributed by atoms with E-state index in [4.69, 9.17) is 0 Å². The minimum atomic E-state index is -0.168. The van der Waals surface area contributed by atoms with Crippen molar-refractivity contribution in [2.24, 2.45) is 10.9 Å². The first-order valence-electron chi connectivity index (χ1n) is 8.23. The highest BCUT2D eigenvalue weighted by molar-refractivity contribution is 8.18. The highest BCUT2D eigenvalue weighted by Crippen LogP contribution is 2.32. The summed E-state index contributed by atoms with van der Waals surface area (Å²) in [5, 5.41) is 6.75. The van der Waals surface area contributed by atoms with E-state index in [0.717, 1.165) is 23.3 Å². The van der Waals surface area contributed by atoms with Crippen LogP contribution in [-0.4, -0.2) is 22.0 Å². The minimum Gasteiger partial charge on any atom is -0.302 e. The van der Waals surface area contributed by atoms with Gasteiger partial charge in [0.25, 0.3) is 5.91 Å². The van der Waals surface area contributed by atoms with E-state index in [1.54, 1.807) is 12.3 Å². The van der Waals surface area contributed by atoms with Crippen LogP contribution in [0.1, 0.15) is 23.3 Å². The molecule has 2 amide bonds. The molecule has 1 aromatic heterocycles. The van der Waals surface area contributed by atoms with Gasteiger partial charge in [0.15, 0.2) is 10.3 Å². The molecular weight excluding hydrogens is 368 g/mol. The lowest BCUT2D eigenvalue weighted by molar-refractivity contribution is -0.117. The first-order chi connectivity index (χ1) is 12.7. The van der Waals surface area contributed by atoms with Crippen molar-refractivity contribution in [1.29, 1.82) is 0 Å². The number of carbonyl (C=O) groups is 2. The Labute approximate surface area is 158 Å². The van der Waals surface area contributed by atoms with Gasteiger partial charge in [-0.1, -0.05) is 41.7 Å². The Morgan fingerprint density at radius 1 is 1.35 bits per heavy atom.